The summed E-state index contributed by atoms with van der Waals surface area (Å²) in [6.45, 7) is 0. The molecule has 0 saturated carbocycles. The van der Waals surface area contributed by atoms with Crippen LogP contribution in [-0.4, -0.2) is 30.8 Å². The quantitative estimate of drug-likeness (QED) is 0.803. The van der Waals surface area contributed by atoms with Gasteiger partial charge in [0.05, 0.1) is 10.5 Å². The molecule has 1 aromatic carbocycles. The Hall–Kier alpha value is -2.47. The van der Waals surface area contributed by atoms with Gasteiger partial charge in [-0.25, -0.2) is 4.79 Å². The molecule has 2 heterocycles. The summed E-state index contributed by atoms with van der Waals surface area (Å²) < 4.78 is 1.47. The molecule has 0 aliphatic heterocycles. The number of rotatable bonds is 3. The zero-order valence-corrected chi connectivity index (χ0v) is 11.9. The van der Waals surface area contributed by atoms with Crippen LogP contribution in [-0.2, 0) is 13.5 Å². The van der Waals surface area contributed by atoms with Crippen molar-refractivity contribution in [2.45, 2.75) is 6.42 Å². The fourth-order valence-corrected chi connectivity index (χ4v) is 2.31. The highest BCUT2D eigenvalue weighted by Crippen LogP contribution is 2.19. The van der Waals surface area contributed by atoms with Gasteiger partial charge in [-0.15, -0.1) is 10.2 Å². The van der Waals surface area contributed by atoms with Crippen molar-refractivity contribution in [3.05, 3.63) is 52.7 Å². The van der Waals surface area contributed by atoms with E-state index in [1.165, 1.54) is 4.57 Å². The number of carboxylic acids is 1. The number of pyridine rings is 1. The molecule has 0 radical (unpaired) electrons. The smallest absolute Gasteiger partial charge is 0.374 e. The van der Waals surface area contributed by atoms with Gasteiger partial charge in [-0.1, -0.05) is 17.7 Å². The second kappa shape index (κ2) is 5.14. The second-order valence-corrected chi connectivity index (χ2v) is 5.10. The third-order valence-electron chi connectivity index (χ3n) is 3.23. The van der Waals surface area contributed by atoms with Crippen LogP contribution in [0.3, 0.4) is 0 Å². The van der Waals surface area contributed by atoms with Gasteiger partial charge in [-0.05, 0) is 23.8 Å². The number of carbonyl (C=O) groups is 1. The molecule has 0 amide bonds. The molecule has 3 rings (SSSR count). The third-order valence-corrected chi connectivity index (χ3v) is 3.44. The van der Waals surface area contributed by atoms with Crippen molar-refractivity contribution >= 4 is 28.5 Å². The van der Waals surface area contributed by atoms with Crippen molar-refractivity contribution in [1.29, 1.82) is 0 Å². The molecule has 7 heteroatoms. The second-order valence-electron chi connectivity index (χ2n) is 4.66. The lowest BCUT2D eigenvalue weighted by Gasteiger charge is -2.04. The lowest BCUT2D eigenvalue weighted by molar-refractivity contribution is 0.0679. The number of hydrogen-bond acceptors (Lipinski definition) is 4. The Bertz CT molecular complexity index is 844. The highest BCUT2D eigenvalue weighted by Gasteiger charge is 2.15. The highest BCUT2D eigenvalue weighted by molar-refractivity contribution is 6.31. The van der Waals surface area contributed by atoms with Crippen LogP contribution in [0.25, 0.3) is 10.9 Å². The molecule has 0 aliphatic rings. The SMILES string of the molecule is Cn1c(Cc2ccc3ncc(Cl)cc3c2)nnc1C(=O)O. The van der Waals surface area contributed by atoms with E-state index in [1.807, 2.05) is 24.3 Å². The predicted molar refractivity (Wildman–Crippen MR) is 77.5 cm³/mol. The van der Waals surface area contributed by atoms with Gasteiger partial charge in [0.2, 0.25) is 5.82 Å². The maximum atomic E-state index is 11.0. The van der Waals surface area contributed by atoms with Crippen LogP contribution in [0.2, 0.25) is 5.02 Å². The van der Waals surface area contributed by atoms with Crippen LogP contribution in [0.15, 0.2) is 30.5 Å². The van der Waals surface area contributed by atoms with Crippen molar-refractivity contribution in [1.82, 2.24) is 19.7 Å². The fraction of sp³-hybridized carbons (Fsp3) is 0.143. The van der Waals surface area contributed by atoms with Gasteiger partial charge >= 0.3 is 5.97 Å². The summed E-state index contributed by atoms with van der Waals surface area (Å²) in [5, 5.41) is 18.1. The summed E-state index contributed by atoms with van der Waals surface area (Å²) in [6.07, 6.45) is 2.09. The van der Waals surface area contributed by atoms with E-state index in [1.54, 1.807) is 13.2 Å². The standard InChI is InChI=1S/C14H11ClN4O2/c1-19-12(17-18-13(19)14(20)21)5-8-2-3-11-9(4-8)6-10(15)7-16-11/h2-4,6-7H,5H2,1H3,(H,20,21). The minimum absolute atomic E-state index is 0.0736. The molecule has 106 valence electrons. The maximum Gasteiger partial charge on any atom is 0.374 e. The number of fused-ring (bicyclic) bond motifs is 1. The Kier molecular flexibility index (Phi) is 3.31. The number of aromatic carboxylic acids is 1. The Morgan fingerprint density at radius 3 is 2.86 bits per heavy atom. The van der Waals surface area contributed by atoms with Gasteiger partial charge in [-0.3, -0.25) is 4.98 Å². The van der Waals surface area contributed by atoms with Crippen LogP contribution in [0.4, 0.5) is 0 Å². The van der Waals surface area contributed by atoms with Gasteiger partial charge in [0, 0.05) is 25.1 Å². The summed E-state index contributed by atoms with van der Waals surface area (Å²) in [5.74, 6) is -0.581. The number of carboxylic acid groups (broad SMARTS) is 1. The molecule has 3 aromatic rings. The van der Waals surface area contributed by atoms with Crippen molar-refractivity contribution in [3.8, 4) is 0 Å². The van der Waals surface area contributed by atoms with Gasteiger partial charge in [0.25, 0.3) is 0 Å². The molecule has 0 aliphatic carbocycles. The molecular formula is C14H11ClN4O2. The van der Waals surface area contributed by atoms with Crippen LogP contribution in [0.5, 0.6) is 0 Å². The Labute approximate surface area is 125 Å². The number of nitrogens with zero attached hydrogens (tertiary/aromatic N) is 4. The van der Waals surface area contributed by atoms with E-state index >= 15 is 0 Å². The van der Waals surface area contributed by atoms with Crippen LogP contribution in [0.1, 0.15) is 22.0 Å². The van der Waals surface area contributed by atoms with Crippen molar-refractivity contribution in [3.63, 3.8) is 0 Å². The molecule has 0 fully saturated rings. The molecule has 2 aromatic heterocycles. The summed E-state index contributed by atoms with van der Waals surface area (Å²) >= 11 is 5.94. The first-order chi connectivity index (χ1) is 10.0. The number of aromatic nitrogens is 4. The van der Waals surface area contributed by atoms with Crippen LogP contribution < -0.4 is 0 Å². The first kappa shape index (κ1) is 13.5. The summed E-state index contributed by atoms with van der Waals surface area (Å²) in [6, 6.07) is 7.63. The molecule has 0 spiro atoms. The monoisotopic (exact) mass is 302 g/mol. The first-order valence-corrected chi connectivity index (χ1v) is 6.58. The minimum Gasteiger partial charge on any atom is -0.475 e. The largest absolute Gasteiger partial charge is 0.475 e. The highest BCUT2D eigenvalue weighted by atomic mass is 35.5. The molecular weight excluding hydrogens is 292 g/mol. The van der Waals surface area contributed by atoms with Gasteiger partial charge < -0.3 is 9.67 Å². The first-order valence-electron chi connectivity index (χ1n) is 6.20. The van der Waals surface area contributed by atoms with E-state index in [0.717, 1.165) is 16.5 Å². The van der Waals surface area contributed by atoms with Crippen LogP contribution >= 0.6 is 11.6 Å². The topological polar surface area (TPSA) is 80.9 Å². The molecule has 6 nitrogen and oxygen atoms in total. The Balaban J connectivity index is 1.96. The average Bonchev–Trinajstić information content (AvgIpc) is 2.80. The summed E-state index contributed by atoms with van der Waals surface area (Å²) in [4.78, 5) is 15.2. The number of halogens is 1. The van der Waals surface area contributed by atoms with Crippen molar-refractivity contribution in [2.24, 2.45) is 7.05 Å². The average molecular weight is 303 g/mol. The molecule has 0 atom stereocenters. The third kappa shape index (κ3) is 2.57. The Morgan fingerprint density at radius 1 is 1.33 bits per heavy atom. The Morgan fingerprint density at radius 2 is 2.14 bits per heavy atom. The normalized spacial score (nSPS) is 11.0. The van der Waals surface area contributed by atoms with E-state index in [2.05, 4.69) is 15.2 Å². The maximum absolute atomic E-state index is 11.0. The zero-order chi connectivity index (χ0) is 15.0. The van der Waals surface area contributed by atoms with Crippen molar-refractivity contribution < 1.29 is 9.90 Å². The summed E-state index contributed by atoms with van der Waals surface area (Å²) in [7, 11) is 1.64. The molecule has 1 N–H and O–H groups in total. The van der Waals surface area contributed by atoms with E-state index in [0.29, 0.717) is 17.3 Å². The molecule has 0 unspecified atom stereocenters. The number of benzene rings is 1. The van der Waals surface area contributed by atoms with E-state index < -0.39 is 5.97 Å². The predicted octanol–water partition coefficient (Wildman–Crippen LogP) is 2.31. The van der Waals surface area contributed by atoms with E-state index in [-0.39, 0.29) is 5.82 Å². The molecule has 0 saturated heterocycles. The van der Waals surface area contributed by atoms with E-state index in [9.17, 15) is 4.79 Å². The van der Waals surface area contributed by atoms with Crippen molar-refractivity contribution in [2.75, 3.05) is 0 Å². The summed E-state index contributed by atoms with van der Waals surface area (Å²) in [5.41, 5.74) is 1.84. The fourth-order valence-electron chi connectivity index (χ4n) is 2.15. The number of hydrogen-bond donors (Lipinski definition) is 1. The lowest BCUT2D eigenvalue weighted by Crippen LogP contribution is -2.08. The van der Waals surface area contributed by atoms with Gasteiger partial charge in [0.15, 0.2) is 0 Å². The van der Waals surface area contributed by atoms with Gasteiger partial charge in [-0.2, -0.15) is 0 Å². The van der Waals surface area contributed by atoms with Gasteiger partial charge in [0.1, 0.15) is 5.82 Å². The minimum atomic E-state index is -1.09. The van der Waals surface area contributed by atoms with Crippen LogP contribution in [0, 0.1) is 0 Å². The molecule has 21 heavy (non-hydrogen) atoms. The zero-order valence-electron chi connectivity index (χ0n) is 11.1. The lowest BCUT2D eigenvalue weighted by atomic mass is 10.1. The molecule has 0 bridgehead atoms. The van der Waals surface area contributed by atoms with E-state index in [4.69, 9.17) is 16.7 Å².